The van der Waals surface area contributed by atoms with Crippen LogP contribution in [0, 0.1) is 0 Å². The van der Waals surface area contributed by atoms with Crippen molar-refractivity contribution in [2.75, 3.05) is 0 Å². The SMILES string of the molecule is CCCc1ncc2c(c1O)OC(=O)CCC(=O)O2. The third kappa shape index (κ3) is 2.42. The number of carbonyl (C=O) groups excluding carboxylic acids is 2. The normalized spacial score (nSPS) is 15.2. The highest BCUT2D eigenvalue weighted by molar-refractivity contribution is 5.83. The Bertz CT molecular complexity index is 497. The molecule has 2 heterocycles. The highest BCUT2D eigenvalue weighted by Crippen LogP contribution is 2.39. The van der Waals surface area contributed by atoms with Crippen molar-refractivity contribution in [3.8, 4) is 17.2 Å². The van der Waals surface area contributed by atoms with Gasteiger partial charge in [-0.1, -0.05) is 13.3 Å². The number of hydrogen-bond donors (Lipinski definition) is 1. The van der Waals surface area contributed by atoms with Gasteiger partial charge in [-0.3, -0.25) is 14.6 Å². The molecule has 2 rings (SSSR count). The van der Waals surface area contributed by atoms with Crippen LogP contribution in [0.4, 0.5) is 0 Å². The Morgan fingerprint density at radius 2 is 1.94 bits per heavy atom. The molecule has 0 bridgehead atoms. The van der Waals surface area contributed by atoms with E-state index in [0.29, 0.717) is 12.1 Å². The molecule has 1 aliphatic heterocycles. The van der Waals surface area contributed by atoms with Gasteiger partial charge < -0.3 is 14.6 Å². The Balaban J connectivity index is 2.45. The lowest BCUT2D eigenvalue weighted by atomic mass is 10.2. The third-order valence-electron chi connectivity index (χ3n) is 2.51. The molecule has 1 N–H and O–H groups in total. The number of esters is 2. The highest BCUT2D eigenvalue weighted by atomic mass is 16.6. The summed E-state index contributed by atoms with van der Waals surface area (Å²) in [5.74, 6) is -1.50. The van der Waals surface area contributed by atoms with Crippen LogP contribution in [0.1, 0.15) is 31.9 Å². The molecular formula is C12H13NO5. The zero-order chi connectivity index (χ0) is 13.1. The second kappa shape index (κ2) is 5.03. The van der Waals surface area contributed by atoms with Gasteiger partial charge in [-0.05, 0) is 6.42 Å². The van der Waals surface area contributed by atoms with E-state index >= 15 is 0 Å². The van der Waals surface area contributed by atoms with Crippen LogP contribution in [-0.4, -0.2) is 22.0 Å². The fraction of sp³-hybridized carbons (Fsp3) is 0.417. The molecule has 1 aromatic heterocycles. The minimum atomic E-state index is -0.572. The Morgan fingerprint density at radius 3 is 2.61 bits per heavy atom. The summed E-state index contributed by atoms with van der Waals surface area (Å²) in [7, 11) is 0. The van der Waals surface area contributed by atoms with Crippen LogP contribution in [-0.2, 0) is 16.0 Å². The number of rotatable bonds is 2. The summed E-state index contributed by atoms with van der Waals surface area (Å²) in [5, 5.41) is 9.96. The molecule has 6 nitrogen and oxygen atoms in total. The standard InChI is InChI=1S/C12H13NO5/c1-2-3-7-11(16)12-8(6-13-7)17-9(14)4-5-10(15)18-12/h6,16H,2-5H2,1H3. The third-order valence-corrected chi connectivity index (χ3v) is 2.51. The topological polar surface area (TPSA) is 85.7 Å². The zero-order valence-corrected chi connectivity index (χ0v) is 9.93. The number of aromatic hydroxyl groups is 1. The van der Waals surface area contributed by atoms with Crippen LogP contribution in [0.2, 0.25) is 0 Å². The van der Waals surface area contributed by atoms with Crippen molar-refractivity contribution in [3.63, 3.8) is 0 Å². The van der Waals surface area contributed by atoms with Gasteiger partial charge in [0.25, 0.3) is 0 Å². The van der Waals surface area contributed by atoms with Gasteiger partial charge in [-0.15, -0.1) is 0 Å². The van der Waals surface area contributed by atoms with Gasteiger partial charge in [0.2, 0.25) is 5.75 Å². The average molecular weight is 251 g/mol. The molecule has 0 unspecified atom stereocenters. The minimum absolute atomic E-state index is 0.0228. The van der Waals surface area contributed by atoms with E-state index in [1.54, 1.807) is 0 Å². The van der Waals surface area contributed by atoms with Crippen molar-refractivity contribution in [2.45, 2.75) is 32.6 Å². The number of fused-ring (bicyclic) bond motifs is 1. The van der Waals surface area contributed by atoms with Crippen LogP contribution >= 0.6 is 0 Å². The molecule has 6 heteroatoms. The van der Waals surface area contributed by atoms with Gasteiger partial charge in [0.1, 0.15) is 0 Å². The molecule has 96 valence electrons. The second-order valence-electron chi connectivity index (χ2n) is 3.95. The van der Waals surface area contributed by atoms with E-state index in [9.17, 15) is 14.7 Å². The Hall–Kier alpha value is -2.11. The first kappa shape index (κ1) is 12.3. The molecule has 1 aromatic rings. The van der Waals surface area contributed by atoms with Crippen LogP contribution < -0.4 is 9.47 Å². The molecule has 0 aliphatic carbocycles. The average Bonchev–Trinajstić information content (AvgIpc) is 2.33. The van der Waals surface area contributed by atoms with Gasteiger partial charge in [0.05, 0.1) is 24.7 Å². The first-order chi connectivity index (χ1) is 8.61. The van der Waals surface area contributed by atoms with Crippen LogP contribution in [0.15, 0.2) is 6.20 Å². The number of carbonyl (C=O) groups is 2. The maximum absolute atomic E-state index is 11.4. The summed E-state index contributed by atoms with van der Waals surface area (Å²) in [6.07, 6.45) is 2.51. The lowest BCUT2D eigenvalue weighted by Gasteiger charge is -2.15. The molecule has 0 atom stereocenters. The summed E-state index contributed by atoms with van der Waals surface area (Å²) in [5.41, 5.74) is 0.417. The van der Waals surface area contributed by atoms with Gasteiger partial charge in [0.15, 0.2) is 11.5 Å². The summed E-state index contributed by atoms with van der Waals surface area (Å²) in [4.78, 5) is 26.7. The molecule has 0 saturated carbocycles. The lowest BCUT2D eigenvalue weighted by Crippen LogP contribution is -2.19. The van der Waals surface area contributed by atoms with Crippen molar-refractivity contribution < 1.29 is 24.2 Å². The maximum atomic E-state index is 11.4. The van der Waals surface area contributed by atoms with Crippen LogP contribution in [0.5, 0.6) is 17.2 Å². The van der Waals surface area contributed by atoms with E-state index in [-0.39, 0.29) is 30.1 Å². The molecule has 1 aliphatic rings. The number of hydrogen-bond acceptors (Lipinski definition) is 6. The number of nitrogens with zero attached hydrogens (tertiary/aromatic N) is 1. The fourth-order valence-electron chi connectivity index (χ4n) is 1.64. The molecular weight excluding hydrogens is 238 g/mol. The van der Waals surface area contributed by atoms with Crippen LogP contribution in [0.3, 0.4) is 0 Å². The first-order valence-electron chi connectivity index (χ1n) is 5.74. The monoisotopic (exact) mass is 251 g/mol. The lowest BCUT2D eigenvalue weighted by molar-refractivity contribution is -0.142. The molecule has 0 fully saturated rings. The van der Waals surface area contributed by atoms with E-state index in [4.69, 9.17) is 9.47 Å². The van der Waals surface area contributed by atoms with Crippen molar-refractivity contribution in [3.05, 3.63) is 11.9 Å². The molecule has 0 aromatic carbocycles. The highest BCUT2D eigenvalue weighted by Gasteiger charge is 2.24. The fourth-order valence-corrected chi connectivity index (χ4v) is 1.64. The maximum Gasteiger partial charge on any atom is 0.312 e. The number of aromatic nitrogens is 1. The predicted molar refractivity (Wildman–Crippen MR) is 60.4 cm³/mol. The van der Waals surface area contributed by atoms with Crippen LogP contribution in [0.25, 0.3) is 0 Å². The quantitative estimate of drug-likeness (QED) is 0.798. The summed E-state index contributed by atoms with van der Waals surface area (Å²) < 4.78 is 9.96. The summed E-state index contributed by atoms with van der Waals surface area (Å²) in [6.45, 7) is 1.93. The molecule has 0 spiro atoms. The predicted octanol–water partition coefficient (Wildman–Crippen LogP) is 1.34. The van der Waals surface area contributed by atoms with Gasteiger partial charge in [0, 0.05) is 0 Å². The molecule has 0 radical (unpaired) electrons. The Labute approximate surface area is 104 Å². The van der Waals surface area contributed by atoms with Gasteiger partial charge in [-0.2, -0.15) is 0 Å². The summed E-state index contributed by atoms with van der Waals surface area (Å²) >= 11 is 0. The van der Waals surface area contributed by atoms with E-state index in [1.807, 2.05) is 6.92 Å². The second-order valence-corrected chi connectivity index (χ2v) is 3.95. The van der Waals surface area contributed by atoms with Gasteiger partial charge >= 0.3 is 11.9 Å². The van der Waals surface area contributed by atoms with E-state index < -0.39 is 11.9 Å². The van der Waals surface area contributed by atoms with Crippen molar-refractivity contribution >= 4 is 11.9 Å². The van der Waals surface area contributed by atoms with E-state index in [2.05, 4.69) is 4.98 Å². The smallest absolute Gasteiger partial charge is 0.312 e. The van der Waals surface area contributed by atoms with Gasteiger partial charge in [-0.25, -0.2) is 0 Å². The Morgan fingerprint density at radius 1 is 1.28 bits per heavy atom. The first-order valence-corrected chi connectivity index (χ1v) is 5.74. The molecule has 0 amide bonds. The van der Waals surface area contributed by atoms with E-state index in [0.717, 1.165) is 6.42 Å². The largest absolute Gasteiger partial charge is 0.503 e. The molecule has 18 heavy (non-hydrogen) atoms. The molecule has 0 saturated heterocycles. The number of aryl methyl sites for hydroxylation is 1. The van der Waals surface area contributed by atoms with E-state index in [1.165, 1.54) is 6.20 Å². The summed E-state index contributed by atoms with van der Waals surface area (Å²) in [6, 6.07) is 0. The van der Waals surface area contributed by atoms with Crippen molar-refractivity contribution in [2.24, 2.45) is 0 Å². The van der Waals surface area contributed by atoms with Crippen molar-refractivity contribution in [1.29, 1.82) is 0 Å². The van der Waals surface area contributed by atoms with Crippen molar-refractivity contribution in [1.82, 2.24) is 4.98 Å². The zero-order valence-electron chi connectivity index (χ0n) is 9.93. The Kier molecular flexibility index (Phi) is 3.45. The number of pyridine rings is 1. The minimum Gasteiger partial charge on any atom is -0.503 e. The number of ether oxygens (including phenoxy) is 2.